The Morgan fingerprint density at radius 3 is 0.646 bits per heavy atom. The van der Waals surface area contributed by atoms with Gasteiger partial charge in [-0.2, -0.15) is 0 Å². The molecule has 3 atom stereocenters. The van der Waals surface area contributed by atoms with Gasteiger partial charge in [-0.25, -0.2) is 0 Å². The van der Waals surface area contributed by atoms with Crippen LogP contribution < -0.4 is 56.8 Å². The standard InChI is InChI=1S/C17H20O2.C16H18O2.C15H16O2.C13H18O2.2C13H18O.C11H14O2.10C2H6/c1-17(2,3)14-10-18-15-8-12-6-4-5-7-13(12)9-16(15)19-11-14;1-16(2,3)15-10-17-13-8-11-6-4-5-7-12(11)9-14(13)18-15;1-15(2,3)14-16-12-8-10-6-4-5-7-11(10)9-13(12)17-14;1-13(2,3)10-8-14-11-6-4-5-7-12(11)15-9-10;2*1-13(2,3)12-9-8-10-6-4-5-7-11(10)14-12;1-11(2,3)10-12-8-6-4-5-7-9(8)13-10;10*1-2/h4-9,14H,10-11H2,1-3H3;4-9,15H,10H2,1-3H3;4-9,14H,1-3H3;4-7,10H,8-9H2,1-3H3;2*4-7,12H,8-9H2,1-3H3;4-7,10H,1-3H3;10*1-2H3. The van der Waals surface area contributed by atoms with Crippen LogP contribution >= 0.6 is 0 Å². The zero-order chi connectivity index (χ0) is 99.0. The van der Waals surface area contributed by atoms with Gasteiger partial charge in [0.15, 0.2) is 57.5 Å². The minimum Gasteiger partial charge on any atom is -0.490 e. The first-order valence-electron chi connectivity index (χ1n) is 49.6. The number of aryl methyl sites for hydroxylation is 2. The molecule has 0 radical (unpaired) electrons. The monoisotopic (exact) mass is 1790 g/mol. The molecule has 17 rings (SSSR count). The van der Waals surface area contributed by atoms with Gasteiger partial charge in [0, 0.05) is 28.1 Å². The Morgan fingerprint density at radius 1 is 0.185 bits per heavy atom. The number of benzene rings is 10. The lowest BCUT2D eigenvalue weighted by Crippen LogP contribution is -2.39. The van der Waals surface area contributed by atoms with Gasteiger partial charge in [-0.15, -0.1) is 0 Å². The molecule has 726 valence electrons. The summed E-state index contributed by atoms with van der Waals surface area (Å²) in [4.78, 5) is 0. The Bertz CT molecular complexity index is 4470. The lowest BCUT2D eigenvalue weighted by atomic mass is 9.82. The fourth-order valence-electron chi connectivity index (χ4n) is 13.3. The normalized spacial score (nSPS) is 15.7. The van der Waals surface area contributed by atoms with Crippen LogP contribution in [0.4, 0.5) is 0 Å². The molecule has 7 aliphatic heterocycles. The van der Waals surface area contributed by atoms with Crippen molar-refractivity contribution in [1.29, 1.82) is 0 Å². The third-order valence-corrected chi connectivity index (χ3v) is 21.1. The molecule has 0 saturated heterocycles. The third-order valence-electron chi connectivity index (χ3n) is 21.1. The van der Waals surface area contributed by atoms with Gasteiger partial charge in [0.05, 0.1) is 26.4 Å². The highest BCUT2D eigenvalue weighted by Gasteiger charge is 2.38. The molecule has 10 aromatic rings. The number of hydrogen-bond acceptors (Lipinski definition) is 12. The molecular weight excluding hydrogens is 1610 g/mol. The summed E-state index contributed by atoms with van der Waals surface area (Å²) in [5.74, 6) is 11.6. The molecule has 0 bridgehead atoms. The van der Waals surface area contributed by atoms with Crippen LogP contribution in [0.25, 0.3) is 32.3 Å². The van der Waals surface area contributed by atoms with E-state index in [0.29, 0.717) is 30.7 Å². The first-order valence-corrected chi connectivity index (χ1v) is 49.6. The minimum absolute atomic E-state index is 0.0129. The summed E-state index contributed by atoms with van der Waals surface area (Å²) in [7, 11) is 0. The second-order valence-electron chi connectivity index (χ2n) is 37.6. The number of para-hydroxylation sites is 6. The summed E-state index contributed by atoms with van der Waals surface area (Å²) >= 11 is 0. The first-order chi connectivity index (χ1) is 61.9. The number of rotatable bonds is 0. The molecule has 130 heavy (non-hydrogen) atoms. The summed E-state index contributed by atoms with van der Waals surface area (Å²) in [5, 5.41) is 7.13. The Morgan fingerprint density at radius 2 is 0.385 bits per heavy atom. The van der Waals surface area contributed by atoms with Crippen molar-refractivity contribution < 1.29 is 56.8 Å². The molecule has 0 spiro atoms. The van der Waals surface area contributed by atoms with E-state index in [1.807, 2.05) is 236 Å². The summed E-state index contributed by atoms with van der Waals surface area (Å²) in [5.41, 5.74) is 3.69. The van der Waals surface area contributed by atoms with Crippen molar-refractivity contribution in [2.45, 2.75) is 340 Å². The molecule has 0 N–H and O–H groups in total. The van der Waals surface area contributed by atoms with Crippen molar-refractivity contribution in [2.24, 2.45) is 49.7 Å². The van der Waals surface area contributed by atoms with Crippen LogP contribution in [-0.4, -0.2) is 63.9 Å². The molecule has 0 saturated carbocycles. The SMILES string of the molecule is CC.CC.CC.CC.CC.CC.CC.CC.CC.CC.CC(C)(C)C1CCc2ccccc2O1.CC(C)(C)C1CCc2ccccc2O1.CC(C)(C)C1COc2cc3ccccc3cc2O1.CC(C)(C)C1COc2cc3ccccc3cc2OC1.CC(C)(C)C1COc2ccccc2OC1.CC(C)(C)C1Oc2cc3ccccc3cc2O1.CC(C)(C)C1Oc2ccccc2O1. The molecule has 7 aliphatic rings. The minimum atomic E-state index is -0.200. The van der Waals surface area contributed by atoms with E-state index in [2.05, 4.69) is 255 Å². The van der Waals surface area contributed by atoms with Gasteiger partial charge < -0.3 is 56.8 Å². The van der Waals surface area contributed by atoms with Crippen molar-refractivity contribution >= 4 is 32.3 Å². The van der Waals surface area contributed by atoms with Crippen LogP contribution in [0, 0.1) is 49.7 Å². The van der Waals surface area contributed by atoms with E-state index >= 15 is 0 Å². The van der Waals surface area contributed by atoms with Crippen LogP contribution in [0.3, 0.4) is 0 Å². The average Bonchev–Trinajstić information content (AvgIpc) is 1.12. The molecule has 0 aromatic heterocycles. The zero-order valence-corrected chi connectivity index (χ0v) is 89.4. The highest BCUT2D eigenvalue weighted by atomic mass is 16.7. The van der Waals surface area contributed by atoms with Crippen molar-refractivity contribution in [3.05, 3.63) is 217 Å². The fraction of sp³-hybridized carbons (Fsp3) is 0.542. The first kappa shape index (κ1) is 119. The molecular formula is C118H182O12. The van der Waals surface area contributed by atoms with Crippen molar-refractivity contribution in [3.8, 4) is 69.0 Å². The Balaban J connectivity index is 0.000000735. The molecule has 10 aromatic carbocycles. The van der Waals surface area contributed by atoms with Crippen LogP contribution in [-0.2, 0) is 12.8 Å². The van der Waals surface area contributed by atoms with E-state index < -0.39 is 0 Å². The lowest BCUT2D eigenvalue weighted by Gasteiger charge is -2.35. The second kappa shape index (κ2) is 59.2. The van der Waals surface area contributed by atoms with E-state index in [9.17, 15) is 0 Å². The molecule has 0 fully saturated rings. The number of ether oxygens (including phenoxy) is 12. The third kappa shape index (κ3) is 37.7. The smallest absolute Gasteiger partial charge is 0.246 e. The highest BCUT2D eigenvalue weighted by Crippen LogP contribution is 2.46. The molecule has 12 nitrogen and oxygen atoms in total. The maximum Gasteiger partial charge on any atom is 0.246 e. The van der Waals surface area contributed by atoms with E-state index in [1.54, 1.807) is 0 Å². The van der Waals surface area contributed by atoms with Crippen LogP contribution in [0.15, 0.2) is 206 Å². The molecule has 0 aliphatic carbocycles. The van der Waals surface area contributed by atoms with Gasteiger partial charge in [0.1, 0.15) is 36.4 Å². The Labute approximate surface area is 794 Å². The largest absolute Gasteiger partial charge is 0.490 e. The van der Waals surface area contributed by atoms with E-state index in [1.165, 1.54) is 43.4 Å². The van der Waals surface area contributed by atoms with E-state index in [-0.39, 0.29) is 56.6 Å². The highest BCUT2D eigenvalue weighted by molar-refractivity contribution is 5.88. The van der Waals surface area contributed by atoms with Crippen molar-refractivity contribution in [3.63, 3.8) is 0 Å². The van der Waals surface area contributed by atoms with Crippen LogP contribution in [0.2, 0.25) is 0 Å². The van der Waals surface area contributed by atoms with Crippen molar-refractivity contribution in [1.82, 2.24) is 0 Å². The lowest BCUT2D eigenvalue weighted by molar-refractivity contribution is -0.0396. The molecule has 0 amide bonds. The van der Waals surface area contributed by atoms with Crippen LogP contribution in [0.1, 0.15) is 308 Å². The topological polar surface area (TPSA) is 111 Å². The zero-order valence-electron chi connectivity index (χ0n) is 89.4. The Kier molecular flexibility index (Phi) is 54.0. The van der Waals surface area contributed by atoms with Crippen molar-refractivity contribution in [2.75, 3.05) is 33.0 Å². The van der Waals surface area contributed by atoms with E-state index in [4.69, 9.17) is 56.8 Å². The van der Waals surface area contributed by atoms with Crippen LogP contribution in [0.5, 0.6) is 69.0 Å². The predicted octanol–water partition coefficient (Wildman–Crippen LogP) is 35.3. The van der Waals surface area contributed by atoms with Gasteiger partial charge in [-0.05, 0) is 164 Å². The summed E-state index contributed by atoms with van der Waals surface area (Å²) in [6.45, 7) is 89.5. The van der Waals surface area contributed by atoms with Gasteiger partial charge in [0.25, 0.3) is 0 Å². The fourth-order valence-corrected chi connectivity index (χ4v) is 13.3. The summed E-state index contributed by atoms with van der Waals surface area (Å²) in [6.07, 6.45) is 5.04. The van der Waals surface area contributed by atoms with E-state index in [0.717, 1.165) is 121 Å². The maximum absolute atomic E-state index is 6.08. The second-order valence-corrected chi connectivity index (χ2v) is 37.6. The number of fused-ring (bicyclic) bond motifs is 10. The van der Waals surface area contributed by atoms with Gasteiger partial charge >= 0.3 is 0 Å². The quantitative estimate of drug-likeness (QED) is 0.144. The Hall–Kier alpha value is -9.42. The van der Waals surface area contributed by atoms with Gasteiger partial charge in [-0.1, -0.05) is 417 Å². The average molecular weight is 1790 g/mol. The van der Waals surface area contributed by atoms with Gasteiger partial charge in [-0.3, -0.25) is 0 Å². The molecule has 12 heteroatoms. The number of hydrogen-bond donors (Lipinski definition) is 0. The maximum atomic E-state index is 6.08. The van der Waals surface area contributed by atoms with Gasteiger partial charge in [0.2, 0.25) is 12.6 Å². The summed E-state index contributed by atoms with van der Waals surface area (Å²) in [6, 6.07) is 69.6. The predicted molar refractivity (Wildman–Crippen MR) is 562 cm³/mol. The molecule has 3 unspecified atom stereocenters. The summed E-state index contributed by atoms with van der Waals surface area (Å²) < 4.78 is 70.4. The molecule has 7 heterocycles.